The van der Waals surface area contributed by atoms with Gasteiger partial charge >= 0.3 is 0 Å². The van der Waals surface area contributed by atoms with E-state index in [2.05, 4.69) is 10.3 Å². The molecular weight excluding hydrogens is 423 g/mol. The highest BCUT2D eigenvalue weighted by Gasteiger charge is 2.18. The van der Waals surface area contributed by atoms with Gasteiger partial charge in [-0.05, 0) is 47.5 Å². The van der Waals surface area contributed by atoms with Gasteiger partial charge in [-0.3, -0.25) is 19.0 Å². The second-order valence-corrected chi connectivity index (χ2v) is 7.51. The van der Waals surface area contributed by atoms with Gasteiger partial charge in [0.25, 0.3) is 5.91 Å². The monoisotopic (exact) mass is 442 g/mol. The molecule has 3 N–H and O–H groups in total. The van der Waals surface area contributed by atoms with Crippen molar-refractivity contribution in [3.8, 4) is 0 Å². The molecule has 3 rings (SSSR count). The van der Waals surface area contributed by atoms with Crippen LogP contribution in [0.1, 0.15) is 33.9 Å². The van der Waals surface area contributed by atoms with Crippen LogP contribution in [0.5, 0.6) is 0 Å². The molecule has 8 heteroatoms. The molecule has 154 valence electrons. The second kappa shape index (κ2) is 10.2. The number of carbonyl (C=O) groups is 2. The maximum atomic E-state index is 12.4. The predicted octanol–water partition coefficient (Wildman–Crippen LogP) is 4.56. The molecule has 0 radical (unpaired) electrons. The zero-order valence-corrected chi connectivity index (χ0v) is 17.5. The molecule has 1 heterocycles. The molecular formula is C22H20Cl2N4O2. The van der Waals surface area contributed by atoms with E-state index in [9.17, 15) is 9.59 Å². The number of hydrogen-bond donors (Lipinski definition) is 2. The number of benzene rings is 2. The number of halogens is 2. The zero-order valence-electron chi connectivity index (χ0n) is 16.0. The van der Waals surface area contributed by atoms with Gasteiger partial charge in [-0.1, -0.05) is 35.9 Å². The van der Waals surface area contributed by atoms with Crippen LogP contribution in [0.3, 0.4) is 0 Å². The van der Waals surface area contributed by atoms with Gasteiger partial charge in [0.2, 0.25) is 5.91 Å². The average Bonchev–Trinajstić information content (AvgIpc) is 2.76. The summed E-state index contributed by atoms with van der Waals surface area (Å²) in [6.45, 7) is 0.248. The minimum absolute atomic E-state index is 0.0413. The van der Waals surface area contributed by atoms with Crippen molar-refractivity contribution in [3.05, 3.63) is 94.8 Å². The second-order valence-electron chi connectivity index (χ2n) is 6.66. The van der Waals surface area contributed by atoms with E-state index in [4.69, 9.17) is 29.1 Å². The van der Waals surface area contributed by atoms with Gasteiger partial charge in [-0.25, -0.2) is 0 Å². The zero-order chi connectivity index (χ0) is 21.5. The lowest BCUT2D eigenvalue weighted by molar-refractivity contribution is -0.127. The van der Waals surface area contributed by atoms with Crippen molar-refractivity contribution in [3.63, 3.8) is 0 Å². The Balaban J connectivity index is 1.55. The SMILES string of the molecule is NC(CC(=O)N(Cl)Cc1ccc(Cl)cc1)c1ccc(C(=O)Nc2ccncc2)cc1. The summed E-state index contributed by atoms with van der Waals surface area (Å²) in [4.78, 5) is 28.6. The fourth-order valence-corrected chi connectivity index (χ4v) is 3.10. The molecule has 1 aromatic heterocycles. The number of nitrogens with two attached hydrogens (primary N) is 1. The Kier molecular flexibility index (Phi) is 7.41. The van der Waals surface area contributed by atoms with Gasteiger partial charge in [-0.15, -0.1) is 0 Å². The largest absolute Gasteiger partial charge is 0.324 e. The van der Waals surface area contributed by atoms with Crippen LogP contribution in [0.15, 0.2) is 73.1 Å². The lowest BCUT2D eigenvalue weighted by Crippen LogP contribution is -2.25. The first kappa shape index (κ1) is 21.8. The smallest absolute Gasteiger partial charge is 0.255 e. The van der Waals surface area contributed by atoms with Crippen molar-refractivity contribution in [1.29, 1.82) is 0 Å². The number of nitrogens with one attached hydrogen (secondary N) is 1. The summed E-state index contributed by atoms with van der Waals surface area (Å²) >= 11 is 12.0. The summed E-state index contributed by atoms with van der Waals surface area (Å²) < 4.78 is 1.11. The molecule has 0 saturated carbocycles. The van der Waals surface area contributed by atoms with Gasteiger partial charge in [0, 0.05) is 52.9 Å². The topological polar surface area (TPSA) is 88.3 Å². The third kappa shape index (κ3) is 6.03. The lowest BCUT2D eigenvalue weighted by atomic mass is 10.0. The number of nitrogens with zero attached hydrogens (tertiary/aromatic N) is 2. The van der Waals surface area contributed by atoms with E-state index in [-0.39, 0.29) is 24.8 Å². The van der Waals surface area contributed by atoms with Crippen molar-refractivity contribution in [2.45, 2.75) is 19.0 Å². The van der Waals surface area contributed by atoms with E-state index < -0.39 is 6.04 Å². The Morgan fingerprint density at radius 2 is 1.63 bits per heavy atom. The van der Waals surface area contributed by atoms with Gasteiger partial charge in [0.05, 0.1) is 6.54 Å². The number of pyridine rings is 1. The summed E-state index contributed by atoms with van der Waals surface area (Å²) in [6, 6.07) is 16.8. The molecule has 0 aliphatic heterocycles. The average molecular weight is 443 g/mol. The van der Waals surface area contributed by atoms with E-state index in [1.54, 1.807) is 73.1 Å². The van der Waals surface area contributed by atoms with Crippen molar-refractivity contribution in [2.24, 2.45) is 5.73 Å². The summed E-state index contributed by atoms with van der Waals surface area (Å²) in [5.41, 5.74) is 8.90. The maximum Gasteiger partial charge on any atom is 0.255 e. The standard InChI is InChI=1S/C22H20Cl2N4O2/c23-18-7-1-15(2-8-18)14-28(24)21(29)13-20(25)16-3-5-17(6-4-16)22(30)27-19-9-11-26-12-10-19/h1-12,20H,13-14,25H2,(H,26,27,30). The number of anilines is 1. The van der Waals surface area contributed by atoms with Crippen molar-refractivity contribution in [1.82, 2.24) is 9.40 Å². The Bertz CT molecular complexity index is 996. The van der Waals surface area contributed by atoms with E-state index in [0.29, 0.717) is 16.3 Å². The van der Waals surface area contributed by atoms with E-state index in [1.165, 1.54) is 0 Å². The molecule has 1 atom stereocenters. The Morgan fingerprint density at radius 1 is 1.00 bits per heavy atom. The molecule has 0 aliphatic carbocycles. The Hall–Kier alpha value is -2.93. The van der Waals surface area contributed by atoms with Crippen molar-refractivity contribution >= 4 is 40.9 Å². The number of hydrogen-bond acceptors (Lipinski definition) is 4. The quantitative estimate of drug-likeness (QED) is 0.524. The van der Waals surface area contributed by atoms with Crippen LogP contribution < -0.4 is 11.1 Å². The first-order valence-corrected chi connectivity index (χ1v) is 9.91. The molecule has 30 heavy (non-hydrogen) atoms. The highest BCUT2D eigenvalue weighted by molar-refractivity contribution is 6.30. The van der Waals surface area contributed by atoms with Crippen LogP contribution in [0.2, 0.25) is 5.02 Å². The van der Waals surface area contributed by atoms with E-state index in [0.717, 1.165) is 15.5 Å². The number of carbonyl (C=O) groups excluding carboxylic acids is 2. The molecule has 3 aromatic rings. The molecule has 0 saturated heterocycles. The summed E-state index contributed by atoms with van der Waals surface area (Å²) in [5.74, 6) is -0.536. The van der Waals surface area contributed by atoms with Crippen LogP contribution in [-0.4, -0.2) is 21.2 Å². The molecule has 6 nitrogen and oxygen atoms in total. The Morgan fingerprint density at radius 3 is 2.27 bits per heavy atom. The fourth-order valence-electron chi connectivity index (χ4n) is 2.76. The molecule has 0 aliphatic rings. The molecule has 0 fully saturated rings. The summed E-state index contributed by atoms with van der Waals surface area (Å²) in [6.07, 6.45) is 3.24. The first-order chi connectivity index (χ1) is 14.4. The third-order valence-corrected chi connectivity index (χ3v) is 5.00. The normalized spacial score (nSPS) is 11.6. The molecule has 0 spiro atoms. The number of rotatable bonds is 7. The van der Waals surface area contributed by atoms with Crippen molar-refractivity contribution in [2.75, 3.05) is 5.32 Å². The predicted molar refractivity (Wildman–Crippen MR) is 118 cm³/mol. The summed E-state index contributed by atoms with van der Waals surface area (Å²) in [5, 5.41) is 3.40. The van der Waals surface area contributed by atoms with Gasteiger partial charge in [0.15, 0.2) is 0 Å². The third-order valence-electron chi connectivity index (χ3n) is 4.44. The van der Waals surface area contributed by atoms with Gasteiger partial charge in [0.1, 0.15) is 0 Å². The fraction of sp³-hybridized carbons (Fsp3) is 0.136. The first-order valence-electron chi connectivity index (χ1n) is 9.20. The highest BCUT2D eigenvalue weighted by Crippen LogP contribution is 2.19. The Labute approximate surface area is 184 Å². The van der Waals surface area contributed by atoms with Crippen molar-refractivity contribution < 1.29 is 9.59 Å². The molecule has 0 bridgehead atoms. The molecule has 1 unspecified atom stereocenters. The van der Waals surface area contributed by atoms with Crippen LogP contribution in [0.4, 0.5) is 5.69 Å². The van der Waals surface area contributed by atoms with Crippen LogP contribution >= 0.6 is 23.4 Å². The van der Waals surface area contributed by atoms with E-state index in [1.807, 2.05) is 0 Å². The van der Waals surface area contributed by atoms with Gasteiger partial charge < -0.3 is 11.1 Å². The molecule has 2 aromatic carbocycles. The number of amides is 2. The number of aromatic nitrogens is 1. The van der Waals surface area contributed by atoms with Gasteiger partial charge in [-0.2, -0.15) is 0 Å². The minimum atomic E-state index is -0.540. The molecule has 2 amide bonds. The maximum absolute atomic E-state index is 12.4. The minimum Gasteiger partial charge on any atom is -0.324 e. The lowest BCUT2D eigenvalue weighted by Gasteiger charge is -2.17. The van der Waals surface area contributed by atoms with Crippen LogP contribution in [0.25, 0.3) is 0 Å². The van der Waals surface area contributed by atoms with Crippen LogP contribution in [0, 0.1) is 0 Å². The highest BCUT2D eigenvalue weighted by atomic mass is 35.5. The van der Waals surface area contributed by atoms with E-state index >= 15 is 0 Å². The summed E-state index contributed by atoms with van der Waals surface area (Å²) in [7, 11) is 0. The van der Waals surface area contributed by atoms with Crippen LogP contribution in [-0.2, 0) is 11.3 Å².